The number of rotatable bonds is 4. The molecular weight excluding hydrogens is 366 g/mol. The Morgan fingerprint density at radius 3 is 2.71 bits per heavy atom. The Bertz CT molecular complexity index is 1040. The first-order valence-electron chi connectivity index (χ1n) is 9.12. The highest BCUT2D eigenvalue weighted by Gasteiger charge is 2.24. The number of aromatic nitrogens is 2. The third-order valence-electron chi connectivity index (χ3n) is 5.18. The molecule has 144 valence electrons. The van der Waals surface area contributed by atoms with Crippen molar-refractivity contribution in [1.82, 2.24) is 9.97 Å². The maximum absolute atomic E-state index is 13.6. The van der Waals surface area contributed by atoms with Crippen LogP contribution in [0.4, 0.5) is 20.3 Å². The Balaban J connectivity index is 1.49. The van der Waals surface area contributed by atoms with Gasteiger partial charge in [-0.3, -0.25) is 15.1 Å². The number of nitro benzene ring substituents is 1. The molecule has 1 saturated carbocycles. The van der Waals surface area contributed by atoms with Crippen molar-refractivity contribution in [2.75, 3.05) is 5.32 Å². The highest BCUT2D eigenvalue weighted by atomic mass is 19.2. The van der Waals surface area contributed by atoms with Gasteiger partial charge in [-0.15, -0.1) is 0 Å². The second-order valence-corrected chi connectivity index (χ2v) is 7.06. The van der Waals surface area contributed by atoms with Crippen molar-refractivity contribution in [1.29, 1.82) is 0 Å². The van der Waals surface area contributed by atoms with Gasteiger partial charge in [-0.1, -0.05) is 12.5 Å². The number of anilines is 1. The minimum absolute atomic E-state index is 0.0239. The highest BCUT2D eigenvalue weighted by Crippen LogP contribution is 2.34. The maximum Gasteiger partial charge on any atom is 0.271 e. The molecule has 4 rings (SSSR count). The molecule has 0 radical (unpaired) electrons. The summed E-state index contributed by atoms with van der Waals surface area (Å²) in [7, 11) is 0. The first kappa shape index (κ1) is 18.2. The number of hydrogen-bond donors (Lipinski definition) is 1. The van der Waals surface area contributed by atoms with E-state index in [0.29, 0.717) is 16.9 Å². The molecule has 1 fully saturated rings. The van der Waals surface area contributed by atoms with Crippen molar-refractivity contribution in [2.24, 2.45) is 0 Å². The molecule has 3 aromatic rings. The molecule has 0 amide bonds. The quantitative estimate of drug-likeness (QED) is 0.508. The van der Waals surface area contributed by atoms with Gasteiger partial charge in [0.15, 0.2) is 11.6 Å². The molecule has 1 heterocycles. The van der Waals surface area contributed by atoms with E-state index in [1.54, 1.807) is 18.3 Å². The predicted octanol–water partition coefficient (Wildman–Crippen LogP) is 4.95. The van der Waals surface area contributed by atoms with E-state index in [1.165, 1.54) is 24.3 Å². The molecule has 6 nitrogen and oxygen atoms in total. The fourth-order valence-corrected chi connectivity index (χ4v) is 3.78. The van der Waals surface area contributed by atoms with Gasteiger partial charge >= 0.3 is 0 Å². The van der Waals surface area contributed by atoms with Gasteiger partial charge in [0.1, 0.15) is 5.82 Å². The van der Waals surface area contributed by atoms with Crippen molar-refractivity contribution in [3.63, 3.8) is 0 Å². The van der Waals surface area contributed by atoms with Crippen LogP contribution in [0.25, 0.3) is 11.0 Å². The average Bonchev–Trinajstić information content (AvgIpc) is 2.70. The lowest BCUT2D eigenvalue weighted by atomic mass is 9.81. The minimum Gasteiger partial charge on any atom is -0.366 e. The van der Waals surface area contributed by atoms with Gasteiger partial charge in [-0.05, 0) is 48.9 Å². The van der Waals surface area contributed by atoms with Crippen LogP contribution in [0.2, 0.25) is 0 Å². The molecule has 8 heteroatoms. The summed E-state index contributed by atoms with van der Waals surface area (Å²) in [4.78, 5) is 19.2. The van der Waals surface area contributed by atoms with Crippen molar-refractivity contribution in [3.8, 4) is 0 Å². The smallest absolute Gasteiger partial charge is 0.271 e. The van der Waals surface area contributed by atoms with Crippen LogP contribution in [0.3, 0.4) is 0 Å². The van der Waals surface area contributed by atoms with Crippen LogP contribution in [0.5, 0.6) is 0 Å². The second-order valence-electron chi connectivity index (χ2n) is 7.06. The van der Waals surface area contributed by atoms with Crippen molar-refractivity contribution in [3.05, 3.63) is 69.9 Å². The molecule has 2 unspecified atom stereocenters. The van der Waals surface area contributed by atoms with Gasteiger partial charge in [-0.2, -0.15) is 0 Å². The van der Waals surface area contributed by atoms with Gasteiger partial charge in [-0.25, -0.2) is 13.8 Å². The zero-order valence-corrected chi connectivity index (χ0v) is 14.9. The van der Waals surface area contributed by atoms with E-state index < -0.39 is 16.6 Å². The van der Waals surface area contributed by atoms with E-state index in [2.05, 4.69) is 15.3 Å². The molecule has 0 aliphatic heterocycles. The van der Waals surface area contributed by atoms with E-state index in [-0.39, 0.29) is 17.6 Å². The lowest BCUT2D eigenvalue weighted by molar-refractivity contribution is -0.384. The normalized spacial score (nSPS) is 19.5. The molecule has 1 aliphatic carbocycles. The summed E-state index contributed by atoms with van der Waals surface area (Å²) >= 11 is 0. The Kier molecular flexibility index (Phi) is 4.85. The van der Waals surface area contributed by atoms with Crippen LogP contribution >= 0.6 is 0 Å². The average molecular weight is 384 g/mol. The number of hydrogen-bond acceptors (Lipinski definition) is 5. The van der Waals surface area contributed by atoms with E-state index in [1.807, 2.05) is 0 Å². The number of benzene rings is 2. The summed E-state index contributed by atoms with van der Waals surface area (Å²) in [5.74, 6) is -0.905. The van der Waals surface area contributed by atoms with Crippen molar-refractivity contribution >= 4 is 22.5 Å². The number of non-ortho nitro benzene ring substituents is 1. The number of nitrogens with zero attached hydrogens (tertiary/aromatic N) is 3. The molecule has 2 aromatic carbocycles. The summed E-state index contributed by atoms with van der Waals surface area (Å²) in [6.45, 7) is 0. The van der Waals surface area contributed by atoms with E-state index in [0.717, 1.165) is 31.2 Å². The molecule has 0 spiro atoms. The Morgan fingerprint density at radius 2 is 1.93 bits per heavy atom. The van der Waals surface area contributed by atoms with E-state index in [9.17, 15) is 18.9 Å². The third kappa shape index (κ3) is 3.76. The van der Waals surface area contributed by atoms with Gasteiger partial charge in [0.25, 0.3) is 5.69 Å². The second kappa shape index (κ2) is 7.46. The first-order chi connectivity index (χ1) is 13.5. The Morgan fingerprint density at radius 1 is 1.07 bits per heavy atom. The monoisotopic (exact) mass is 384 g/mol. The van der Waals surface area contributed by atoms with E-state index >= 15 is 0 Å². The molecule has 28 heavy (non-hydrogen) atoms. The van der Waals surface area contributed by atoms with Gasteiger partial charge in [0, 0.05) is 18.2 Å². The molecule has 1 aliphatic rings. The molecule has 2 atom stereocenters. The molecule has 1 aromatic heterocycles. The van der Waals surface area contributed by atoms with Crippen LogP contribution in [-0.2, 0) is 0 Å². The van der Waals surface area contributed by atoms with Gasteiger partial charge < -0.3 is 5.32 Å². The van der Waals surface area contributed by atoms with Crippen LogP contribution in [0, 0.1) is 21.7 Å². The number of nitrogens with one attached hydrogen (secondary N) is 1. The Labute approximate surface area is 159 Å². The largest absolute Gasteiger partial charge is 0.366 e. The molecule has 1 N–H and O–H groups in total. The highest BCUT2D eigenvalue weighted by molar-refractivity contribution is 5.78. The van der Waals surface area contributed by atoms with Crippen LogP contribution in [0.15, 0.2) is 42.6 Å². The fourth-order valence-electron chi connectivity index (χ4n) is 3.78. The van der Waals surface area contributed by atoms with Crippen molar-refractivity contribution < 1.29 is 13.7 Å². The number of nitro groups is 1. The summed E-state index contributed by atoms with van der Waals surface area (Å²) in [5.41, 5.74) is 1.82. The molecule has 0 bridgehead atoms. The SMILES string of the molecule is O=[N+]([O-])c1ccc2nc(NC3CCCC(c4ccc(F)c(F)c4)C3)cnc2c1. The molecular formula is C20H18F2N4O2. The summed E-state index contributed by atoms with van der Waals surface area (Å²) < 4.78 is 26.7. The van der Waals surface area contributed by atoms with Crippen molar-refractivity contribution in [2.45, 2.75) is 37.6 Å². The zero-order chi connectivity index (χ0) is 19.7. The fraction of sp³-hybridized carbons (Fsp3) is 0.300. The minimum atomic E-state index is -0.832. The third-order valence-corrected chi connectivity index (χ3v) is 5.18. The summed E-state index contributed by atoms with van der Waals surface area (Å²) in [6.07, 6.45) is 5.18. The number of halogens is 2. The lowest BCUT2D eigenvalue weighted by Crippen LogP contribution is -2.27. The van der Waals surface area contributed by atoms with Crippen LogP contribution in [-0.4, -0.2) is 20.9 Å². The first-order valence-corrected chi connectivity index (χ1v) is 9.12. The van der Waals surface area contributed by atoms with E-state index in [4.69, 9.17) is 0 Å². The number of fused-ring (bicyclic) bond motifs is 1. The maximum atomic E-state index is 13.6. The zero-order valence-electron chi connectivity index (χ0n) is 14.9. The topological polar surface area (TPSA) is 81.0 Å². The van der Waals surface area contributed by atoms with Crippen LogP contribution < -0.4 is 5.32 Å². The Hall–Kier alpha value is -3.16. The summed E-state index contributed by atoms with van der Waals surface area (Å²) in [6, 6.07) is 8.62. The standard InChI is InChI=1S/C20H18F2N4O2/c21-16-6-4-13(9-17(16)22)12-2-1-3-14(8-12)24-20-11-23-19-10-15(26(27)28)5-7-18(19)25-20/h4-7,9-12,14H,1-3,8H2,(H,24,25). The lowest BCUT2D eigenvalue weighted by Gasteiger charge is -2.30. The predicted molar refractivity (Wildman–Crippen MR) is 101 cm³/mol. The van der Waals surface area contributed by atoms with Crippen LogP contribution in [0.1, 0.15) is 37.2 Å². The van der Waals surface area contributed by atoms with Gasteiger partial charge in [0.2, 0.25) is 0 Å². The summed E-state index contributed by atoms with van der Waals surface area (Å²) in [5, 5.41) is 14.2. The molecule has 0 saturated heterocycles. The van der Waals surface area contributed by atoms with Gasteiger partial charge in [0.05, 0.1) is 22.2 Å².